The first-order valence-corrected chi connectivity index (χ1v) is 26.0. The molecule has 0 aromatic heterocycles. The number of hydrogen-bond acceptors (Lipinski definition) is 0. The molecule has 1 heteroatoms. The molecule has 0 aliphatic heterocycles. The fourth-order valence-corrected chi connectivity index (χ4v) is 10.9. The van der Waals surface area contributed by atoms with Crippen LogP contribution in [-0.4, -0.2) is 0 Å². The Bertz CT molecular complexity index is 3560. The van der Waals surface area contributed by atoms with E-state index in [1.807, 2.05) is 0 Å². The van der Waals surface area contributed by atoms with Crippen LogP contribution in [0.5, 0.6) is 0 Å². The van der Waals surface area contributed by atoms with Crippen molar-refractivity contribution >= 4 is 64.6 Å². The standard InChI is InChI=1S/C33H21.C31H29.2C4H9.Zr/c1-3-11-28-22(7-1)9-5-13-30(28)24-15-17-32-26(19-24)21-27-20-25(16-18-33(27)32)31-14-6-10-23-8-2-4-12-29(23)31;1-18-11-20(3)30(21(4)12-18)24-7-9-28-26(15-24)17-27-16-25(8-10-29(27)28)31-22(5)13-19(2)14-23(31)6;2*1-3-4-2;/h1-21H;7-17H,1-6H3;2*1,3-4H2,2H3;/q4*-1;+4. The topological polar surface area (TPSA) is 0 Å². The van der Waals surface area contributed by atoms with Crippen LogP contribution in [0.2, 0.25) is 0 Å². The van der Waals surface area contributed by atoms with E-state index in [2.05, 4.69) is 263 Å². The molecule has 0 heterocycles. The Morgan fingerprint density at radius 2 is 0.616 bits per heavy atom. The number of fused-ring (bicyclic) bond motifs is 8. The summed E-state index contributed by atoms with van der Waals surface area (Å²) < 4.78 is 0. The van der Waals surface area contributed by atoms with Crippen LogP contribution in [-0.2, 0) is 26.2 Å². The van der Waals surface area contributed by atoms with Crippen molar-refractivity contribution in [2.24, 2.45) is 0 Å². The molecule has 0 saturated carbocycles. The Kier molecular flexibility index (Phi) is 16.9. The van der Waals surface area contributed by atoms with E-state index in [1.165, 1.54) is 155 Å². The van der Waals surface area contributed by atoms with Gasteiger partial charge in [0.2, 0.25) is 0 Å². The minimum absolute atomic E-state index is 0. The molecule has 0 amide bonds. The summed E-state index contributed by atoms with van der Waals surface area (Å²) in [6, 6.07) is 71.9. The summed E-state index contributed by atoms with van der Waals surface area (Å²) in [7, 11) is 0. The fourth-order valence-electron chi connectivity index (χ4n) is 10.9. The Balaban J connectivity index is 0.000000168. The summed E-state index contributed by atoms with van der Waals surface area (Å²) >= 11 is 0. The van der Waals surface area contributed by atoms with E-state index in [0.717, 1.165) is 12.8 Å². The monoisotopic (exact) mass is 1020 g/mol. The van der Waals surface area contributed by atoms with Crippen LogP contribution >= 0.6 is 0 Å². The normalized spacial score (nSPS) is 11.0. The van der Waals surface area contributed by atoms with Crippen LogP contribution in [0.25, 0.3) is 109 Å². The molecule has 0 unspecified atom stereocenters. The fraction of sp³-hybridized carbons (Fsp3) is 0.167. The zero-order chi connectivity index (χ0) is 50.5. The molecule has 0 spiro atoms. The maximum atomic E-state index is 3.60. The summed E-state index contributed by atoms with van der Waals surface area (Å²) in [4.78, 5) is 0. The summed E-state index contributed by atoms with van der Waals surface area (Å²) in [6.07, 6.45) is 4.56. The van der Waals surface area contributed by atoms with E-state index in [9.17, 15) is 0 Å². The molecule has 0 atom stereocenters. The molecule has 0 radical (unpaired) electrons. The molecule has 12 rings (SSSR count). The third-order valence-electron chi connectivity index (χ3n) is 14.2. The Morgan fingerprint density at radius 3 is 0.945 bits per heavy atom. The first kappa shape index (κ1) is 52.7. The van der Waals surface area contributed by atoms with Gasteiger partial charge in [-0.05, 0) is 108 Å². The molecule has 0 aliphatic carbocycles. The molecule has 73 heavy (non-hydrogen) atoms. The number of unbranched alkanes of at least 4 members (excludes halogenated alkanes) is 2. The largest absolute Gasteiger partial charge is 4.00 e. The number of rotatable bonds is 6. The van der Waals surface area contributed by atoms with Gasteiger partial charge in [0.1, 0.15) is 0 Å². The molecular formula is C72H68Zr. The van der Waals surface area contributed by atoms with Crippen molar-refractivity contribution < 1.29 is 26.2 Å². The molecule has 12 aromatic carbocycles. The predicted octanol–water partition coefficient (Wildman–Crippen LogP) is 21.5. The van der Waals surface area contributed by atoms with Crippen molar-refractivity contribution in [3.63, 3.8) is 0 Å². The molecule has 0 N–H and O–H groups in total. The van der Waals surface area contributed by atoms with Gasteiger partial charge in [0.05, 0.1) is 0 Å². The van der Waals surface area contributed by atoms with E-state index < -0.39 is 0 Å². The quantitative estimate of drug-likeness (QED) is 0.146. The second-order valence-corrected chi connectivity index (χ2v) is 19.8. The Hall–Kier alpha value is -6.66. The number of benzene rings is 10. The number of hydrogen-bond donors (Lipinski definition) is 0. The molecule has 0 saturated heterocycles. The third kappa shape index (κ3) is 11.1. The second-order valence-electron chi connectivity index (χ2n) is 19.8. The minimum Gasteiger partial charge on any atom is -0.343 e. The second kappa shape index (κ2) is 23.5. The molecule has 0 aliphatic rings. The van der Waals surface area contributed by atoms with Gasteiger partial charge in [0.25, 0.3) is 0 Å². The first-order chi connectivity index (χ1) is 35.0. The first-order valence-electron chi connectivity index (χ1n) is 26.0. The zero-order valence-corrected chi connectivity index (χ0v) is 46.7. The molecule has 12 aromatic rings. The van der Waals surface area contributed by atoms with Crippen LogP contribution < -0.4 is 0 Å². The van der Waals surface area contributed by atoms with Crippen molar-refractivity contribution in [1.29, 1.82) is 0 Å². The zero-order valence-electron chi connectivity index (χ0n) is 44.2. The van der Waals surface area contributed by atoms with Crippen molar-refractivity contribution in [3.05, 3.63) is 241 Å². The van der Waals surface area contributed by atoms with Crippen LogP contribution in [0.4, 0.5) is 0 Å². The van der Waals surface area contributed by atoms with Crippen molar-refractivity contribution in [2.45, 2.75) is 81.1 Å². The Morgan fingerprint density at radius 1 is 0.329 bits per heavy atom. The van der Waals surface area contributed by atoms with E-state index in [-0.39, 0.29) is 26.2 Å². The number of aryl methyl sites for hydroxylation is 6. The van der Waals surface area contributed by atoms with Gasteiger partial charge >= 0.3 is 26.2 Å². The molecular weight excluding hydrogens is 956 g/mol. The average Bonchev–Trinajstić information content (AvgIpc) is 3.94. The summed E-state index contributed by atoms with van der Waals surface area (Å²) in [6.45, 7) is 24.7. The van der Waals surface area contributed by atoms with Crippen LogP contribution in [0.3, 0.4) is 0 Å². The summed E-state index contributed by atoms with van der Waals surface area (Å²) in [5.41, 5.74) is 18.5. The van der Waals surface area contributed by atoms with Gasteiger partial charge in [0, 0.05) is 0 Å². The van der Waals surface area contributed by atoms with Gasteiger partial charge in [-0.15, -0.1) is 79.5 Å². The SMILES string of the molecule is Cc1cc(C)c(-c2ccc3c(c2)[cH-]c2cc(-c4c(C)cc(C)cc4C)ccc23)c(C)c1.[CH2-]CCC.[CH2-]CCC.[Zr+4].c1ccc2c(-c3ccc4c(c3)[cH-]c3cc(-c5cccc6ccccc56)ccc34)cccc2c1. The van der Waals surface area contributed by atoms with Gasteiger partial charge in [0.15, 0.2) is 0 Å². The molecule has 0 bridgehead atoms. The van der Waals surface area contributed by atoms with Crippen LogP contribution in [0.15, 0.2) is 194 Å². The van der Waals surface area contributed by atoms with Gasteiger partial charge in [-0.2, -0.15) is 12.8 Å². The van der Waals surface area contributed by atoms with Crippen LogP contribution in [0.1, 0.15) is 72.9 Å². The van der Waals surface area contributed by atoms with Gasteiger partial charge < -0.3 is 13.8 Å². The summed E-state index contributed by atoms with van der Waals surface area (Å²) in [5, 5.41) is 15.7. The smallest absolute Gasteiger partial charge is 0.343 e. The third-order valence-corrected chi connectivity index (χ3v) is 14.2. The molecule has 0 nitrogen and oxygen atoms in total. The van der Waals surface area contributed by atoms with E-state index in [4.69, 9.17) is 0 Å². The van der Waals surface area contributed by atoms with E-state index >= 15 is 0 Å². The molecule has 0 fully saturated rings. The maximum Gasteiger partial charge on any atom is 4.00 e. The molecule has 360 valence electrons. The van der Waals surface area contributed by atoms with E-state index in [0.29, 0.717) is 0 Å². The van der Waals surface area contributed by atoms with Crippen LogP contribution in [0, 0.1) is 55.4 Å². The van der Waals surface area contributed by atoms with Crippen molar-refractivity contribution in [3.8, 4) is 44.5 Å². The maximum absolute atomic E-state index is 3.60. The van der Waals surface area contributed by atoms with Gasteiger partial charge in [-0.3, -0.25) is 0 Å². The average molecular weight is 1020 g/mol. The van der Waals surface area contributed by atoms with Crippen molar-refractivity contribution in [2.75, 3.05) is 0 Å². The minimum atomic E-state index is 0. The van der Waals surface area contributed by atoms with Gasteiger partial charge in [-0.1, -0.05) is 218 Å². The van der Waals surface area contributed by atoms with Crippen molar-refractivity contribution in [1.82, 2.24) is 0 Å². The summed E-state index contributed by atoms with van der Waals surface area (Å²) in [5.74, 6) is 0. The Labute approximate surface area is 454 Å². The predicted molar refractivity (Wildman–Crippen MR) is 320 cm³/mol. The van der Waals surface area contributed by atoms with Gasteiger partial charge in [-0.25, -0.2) is 0 Å². The van der Waals surface area contributed by atoms with E-state index in [1.54, 1.807) is 0 Å².